The van der Waals surface area contributed by atoms with Crippen LogP contribution in [0.2, 0.25) is 5.02 Å². The molecule has 1 aliphatic rings. The first kappa shape index (κ1) is 16.4. The minimum Gasteiger partial charge on any atom is -0.367 e. The first-order valence-corrected chi connectivity index (χ1v) is 9.04. The number of H-pyrrole nitrogens is 1. The SMILES string of the molecule is CC1(C)Cn2nc(-c3ccc(Cl)cn3)c(-c3ccnc4[nH]ncc34)c2CO1. The third-order valence-electron chi connectivity index (χ3n) is 4.78. The van der Waals surface area contributed by atoms with Crippen LogP contribution in [0, 0.1) is 0 Å². The Hall–Kier alpha value is -2.77. The van der Waals surface area contributed by atoms with Crippen LogP contribution in [0.4, 0.5) is 0 Å². The van der Waals surface area contributed by atoms with Crippen molar-refractivity contribution in [1.29, 1.82) is 0 Å². The van der Waals surface area contributed by atoms with Crippen LogP contribution in [-0.2, 0) is 17.9 Å². The van der Waals surface area contributed by atoms with Crippen molar-refractivity contribution in [3.63, 3.8) is 0 Å². The Morgan fingerprint density at radius 2 is 2.07 bits per heavy atom. The molecule has 0 atom stereocenters. The van der Waals surface area contributed by atoms with Crippen LogP contribution in [0.15, 0.2) is 36.8 Å². The topological polar surface area (TPSA) is 81.5 Å². The van der Waals surface area contributed by atoms with E-state index in [1.54, 1.807) is 18.6 Å². The van der Waals surface area contributed by atoms with Gasteiger partial charge in [-0.15, -0.1) is 0 Å². The zero-order chi connectivity index (χ0) is 18.6. The molecule has 0 aromatic carbocycles. The highest BCUT2D eigenvalue weighted by atomic mass is 35.5. The molecule has 0 unspecified atom stereocenters. The highest BCUT2D eigenvalue weighted by Crippen LogP contribution is 2.39. The lowest BCUT2D eigenvalue weighted by Crippen LogP contribution is -2.36. The largest absolute Gasteiger partial charge is 0.367 e. The summed E-state index contributed by atoms with van der Waals surface area (Å²) >= 11 is 6.03. The number of fused-ring (bicyclic) bond motifs is 2. The number of ether oxygens (including phenoxy) is 1. The van der Waals surface area contributed by atoms with Gasteiger partial charge in [-0.25, -0.2) is 4.98 Å². The molecule has 8 heteroatoms. The van der Waals surface area contributed by atoms with Crippen molar-refractivity contribution in [2.45, 2.75) is 32.6 Å². The minimum atomic E-state index is -0.274. The summed E-state index contributed by atoms with van der Waals surface area (Å²) in [7, 11) is 0. The van der Waals surface area contributed by atoms with Gasteiger partial charge in [0.15, 0.2) is 5.65 Å². The van der Waals surface area contributed by atoms with Gasteiger partial charge in [-0.1, -0.05) is 11.6 Å². The highest BCUT2D eigenvalue weighted by molar-refractivity contribution is 6.30. The van der Waals surface area contributed by atoms with E-state index in [-0.39, 0.29) is 5.60 Å². The van der Waals surface area contributed by atoms with E-state index < -0.39 is 0 Å². The molecule has 0 bridgehead atoms. The van der Waals surface area contributed by atoms with E-state index >= 15 is 0 Å². The molecule has 4 aromatic rings. The van der Waals surface area contributed by atoms with Crippen LogP contribution >= 0.6 is 11.6 Å². The van der Waals surface area contributed by atoms with Gasteiger partial charge in [0.05, 0.1) is 41.4 Å². The van der Waals surface area contributed by atoms with Crippen LogP contribution < -0.4 is 0 Å². The maximum absolute atomic E-state index is 6.07. The Kier molecular flexibility index (Phi) is 3.57. The number of hydrogen-bond donors (Lipinski definition) is 1. The quantitative estimate of drug-likeness (QED) is 0.571. The van der Waals surface area contributed by atoms with Crippen molar-refractivity contribution >= 4 is 22.6 Å². The van der Waals surface area contributed by atoms with Crippen LogP contribution in [0.25, 0.3) is 33.5 Å². The van der Waals surface area contributed by atoms with Crippen molar-refractivity contribution in [1.82, 2.24) is 29.9 Å². The summed E-state index contributed by atoms with van der Waals surface area (Å²) < 4.78 is 8.10. The van der Waals surface area contributed by atoms with Crippen molar-refractivity contribution in [2.24, 2.45) is 0 Å². The number of halogens is 1. The molecule has 7 nitrogen and oxygen atoms in total. The number of aromatic nitrogens is 6. The third-order valence-corrected chi connectivity index (χ3v) is 5.00. The van der Waals surface area contributed by atoms with Gasteiger partial charge >= 0.3 is 0 Å². The predicted octanol–water partition coefficient (Wildman–Crippen LogP) is 3.85. The molecule has 0 saturated carbocycles. The molecule has 4 aromatic heterocycles. The van der Waals surface area contributed by atoms with Gasteiger partial charge < -0.3 is 4.74 Å². The molecule has 0 saturated heterocycles. The van der Waals surface area contributed by atoms with Gasteiger partial charge in [-0.05, 0) is 32.0 Å². The summed E-state index contributed by atoms with van der Waals surface area (Å²) in [6.07, 6.45) is 5.19. The molecule has 136 valence electrons. The number of rotatable bonds is 2. The van der Waals surface area contributed by atoms with Crippen molar-refractivity contribution < 1.29 is 4.74 Å². The molecule has 0 aliphatic carbocycles. The van der Waals surface area contributed by atoms with E-state index in [9.17, 15) is 0 Å². The van der Waals surface area contributed by atoms with Gasteiger partial charge in [0.25, 0.3) is 0 Å². The van der Waals surface area contributed by atoms with E-state index in [1.807, 2.05) is 22.9 Å². The first-order chi connectivity index (χ1) is 13.0. The Bertz CT molecular complexity index is 1140. The van der Waals surface area contributed by atoms with Gasteiger partial charge in [-0.2, -0.15) is 10.2 Å². The summed E-state index contributed by atoms with van der Waals surface area (Å²) in [6.45, 7) is 5.28. The van der Waals surface area contributed by atoms with Crippen LogP contribution in [-0.4, -0.2) is 35.5 Å². The molecular formula is C19H17ClN6O. The Morgan fingerprint density at radius 3 is 2.89 bits per heavy atom. The van der Waals surface area contributed by atoms with Crippen molar-refractivity contribution in [3.05, 3.63) is 47.5 Å². The zero-order valence-electron chi connectivity index (χ0n) is 14.9. The average molecular weight is 381 g/mol. The lowest BCUT2D eigenvalue weighted by molar-refractivity contribution is -0.0657. The molecule has 5 rings (SSSR count). The summed E-state index contributed by atoms with van der Waals surface area (Å²) in [4.78, 5) is 8.85. The second-order valence-electron chi connectivity index (χ2n) is 7.23. The standard InChI is InChI=1S/C19H17ClN6O/c1-19(2)10-26-15(9-27-19)16(12-5-6-21-18-13(12)8-23-24-18)17(25-26)14-4-3-11(20)7-22-14/h3-8H,9-10H2,1-2H3,(H,21,23,24). The minimum absolute atomic E-state index is 0.274. The molecule has 0 radical (unpaired) electrons. The van der Waals surface area contributed by atoms with Crippen LogP contribution in [0.1, 0.15) is 19.5 Å². The molecule has 0 amide bonds. The fourth-order valence-corrected chi connectivity index (χ4v) is 3.60. The number of nitrogens with zero attached hydrogens (tertiary/aromatic N) is 5. The normalized spacial score (nSPS) is 15.8. The van der Waals surface area contributed by atoms with Gasteiger partial charge in [-0.3, -0.25) is 14.8 Å². The fourth-order valence-electron chi connectivity index (χ4n) is 3.49. The zero-order valence-corrected chi connectivity index (χ0v) is 15.7. The molecule has 1 N–H and O–H groups in total. The molecule has 1 aliphatic heterocycles. The summed E-state index contributed by atoms with van der Waals surface area (Å²) in [6, 6.07) is 5.70. The van der Waals surface area contributed by atoms with Crippen LogP contribution in [0.3, 0.4) is 0 Å². The van der Waals surface area contributed by atoms with Gasteiger partial charge in [0, 0.05) is 28.9 Å². The molecular weight excluding hydrogens is 364 g/mol. The van der Waals surface area contributed by atoms with E-state index in [4.69, 9.17) is 21.4 Å². The second-order valence-corrected chi connectivity index (χ2v) is 7.67. The van der Waals surface area contributed by atoms with Gasteiger partial charge in [0.2, 0.25) is 0 Å². The Morgan fingerprint density at radius 1 is 1.19 bits per heavy atom. The van der Waals surface area contributed by atoms with E-state index in [0.29, 0.717) is 18.2 Å². The summed E-state index contributed by atoms with van der Waals surface area (Å²) in [5.41, 5.74) is 5.05. The molecule has 27 heavy (non-hydrogen) atoms. The highest BCUT2D eigenvalue weighted by Gasteiger charge is 2.32. The summed E-state index contributed by atoms with van der Waals surface area (Å²) in [5.74, 6) is 0. The molecule has 5 heterocycles. The van der Waals surface area contributed by atoms with Gasteiger partial charge in [0.1, 0.15) is 5.69 Å². The average Bonchev–Trinajstić information content (AvgIpc) is 3.25. The lowest BCUT2D eigenvalue weighted by atomic mass is 9.98. The number of nitrogens with one attached hydrogen (secondary N) is 1. The molecule has 0 fully saturated rings. The second kappa shape index (κ2) is 5.87. The van der Waals surface area contributed by atoms with Crippen LogP contribution in [0.5, 0.6) is 0 Å². The van der Waals surface area contributed by atoms with E-state index in [1.165, 1.54) is 0 Å². The Balaban J connectivity index is 1.79. The number of hydrogen-bond acceptors (Lipinski definition) is 5. The first-order valence-electron chi connectivity index (χ1n) is 8.66. The summed E-state index contributed by atoms with van der Waals surface area (Å²) in [5, 5.41) is 13.5. The fraction of sp³-hybridized carbons (Fsp3) is 0.263. The van der Waals surface area contributed by atoms with Crippen molar-refractivity contribution in [2.75, 3.05) is 0 Å². The monoisotopic (exact) mass is 380 g/mol. The smallest absolute Gasteiger partial charge is 0.155 e. The third kappa shape index (κ3) is 2.70. The molecule has 0 spiro atoms. The Labute approximate surface area is 160 Å². The van der Waals surface area contributed by atoms with E-state index in [2.05, 4.69) is 34.0 Å². The predicted molar refractivity (Wildman–Crippen MR) is 102 cm³/mol. The maximum Gasteiger partial charge on any atom is 0.155 e. The number of aromatic amines is 1. The number of pyridine rings is 2. The maximum atomic E-state index is 6.07. The van der Waals surface area contributed by atoms with Crippen molar-refractivity contribution in [3.8, 4) is 22.5 Å². The lowest BCUT2D eigenvalue weighted by Gasteiger charge is -2.31. The van der Waals surface area contributed by atoms with E-state index in [0.717, 1.165) is 39.2 Å².